The van der Waals surface area contributed by atoms with E-state index in [1.165, 1.54) is 6.07 Å². The number of hydrogen-bond donors (Lipinski definition) is 2. The Morgan fingerprint density at radius 2 is 1.85 bits per heavy atom. The zero-order valence-corrected chi connectivity index (χ0v) is 16.3. The Morgan fingerprint density at radius 1 is 1.19 bits per heavy atom. The first-order chi connectivity index (χ1) is 12.9. The largest absolute Gasteiger partial charge is 0.396 e. The fraction of sp³-hybridized carbons (Fsp3) is 0.450. The van der Waals surface area contributed by atoms with Crippen molar-refractivity contribution in [3.05, 3.63) is 42.5 Å². The van der Waals surface area contributed by atoms with Crippen LogP contribution in [-0.2, 0) is 14.8 Å². The number of aliphatic hydroxyl groups excluding tert-OH is 1. The molecule has 6 nitrogen and oxygen atoms in total. The Balaban J connectivity index is 1.80. The molecule has 1 saturated heterocycles. The first-order valence-corrected chi connectivity index (χ1v) is 10.8. The van der Waals surface area contributed by atoms with Crippen LogP contribution in [0, 0.1) is 5.92 Å². The highest BCUT2D eigenvalue weighted by molar-refractivity contribution is 7.89. The van der Waals surface area contributed by atoms with Gasteiger partial charge in [-0.2, -0.15) is 4.72 Å². The Kier molecular flexibility index (Phi) is 6.14. The molecule has 0 aromatic heterocycles. The number of aliphatic hydroxyl groups is 1. The third-order valence-electron chi connectivity index (χ3n) is 5.14. The van der Waals surface area contributed by atoms with Crippen LogP contribution in [0.5, 0.6) is 0 Å². The van der Waals surface area contributed by atoms with Crippen LogP contribution in [0.25, 0.3) is 10.8 Å². The van der Waals surface area contributed by atoms with Crippen molar-refractivity contribution in [1.29, 1.82) is 0 Å². The van der Waals surface area contributed by atoms with Crippen LogP contribution in [-0.4, -0.2) is 50.1 Å². The van der Waals surface area contributed by atoms with Crippen LogP contribution < -0.4 is 4.72 Å². The topological polar surface area (TPSA) is 86.7 Å². The van der Waals surface area contributed by atoms with E-state index in [-0.39, 0.29) is 23.8 Å². The van der Waals surface area contributed by atoms with E-state index >= 15 is 0 Å². The van der Waals surface area contributed by atoms with Gasteiger partial charge in [-0.1, -0.05) is 37.3 Å². The Morgan fingerprint density at radius 3 is 2.52 bits per heavy atom. The predicted molar refractivity (Wildman–Crippen MR) is 105 cm³/mol. The van der Waals surface area contributed by atoms with Crippen molar-refractivity contribution in [1.82, 2.24) is 9.62 Å². The van der Waals surface area contributed by atoms with Crippen LogP contribution in [0.15, 0.2) is 47.4 Å². The van der Waals surface area contributed by atoms with Gasteiger partial charge in [-0.25, -0.2) is 8.42 Å². The van der Waals surface area contributed by atoms with Gasteiger partial charge in [0.05, 0.1) is 4.90 Å². The van der Waals surface area contributed by atoms with Crippen molar-refractivity contribution < 1.29 is 18.3 Å². The second kappa shape index (κ2) is 8.37. The quantitative estimate of drug-likeness (QED) is 0.791. The molecule has 1 unspecified atom stereocenters. The van der Waals surface area contributed by atoms with Crippen molar-refractivity contribution >= 4 is 26.7 Å². The number of carbonyl (C=O) groups is 1. The van der Waals surface area contributed by atoms with Gasteiger partial charge in [-0.05, 0) is 48.1 Å². The summed E-state index contributed by atoms with van der Waals surface area (Å²) < 4.78 is 28.2. The summed E-state index contributed by atoms with van der Waals surface area (Å²) in [5.41, 5.74) is 0. The predicted octanol–water partition coefficient (Wildman–Crippen LogP) is 2.13. The van der Waals surface area contributed by atoms with Crippen molar-refractivity contribution in [2.45, 2.75) is 37.1 Å². The van der Waals surface area contributed by atoms with Crippen LogP contribution in [0.1, 0.15) is 26.2 Å². The van der Waals surface area contributed by atoms with E-state index in [4.69, 9.17) is 0 Å². The van der Waals surface area contributed by atoms with Crippen LogP contribution in [0.2, 0.25) is 0 Å². The van der Waals surface area contributed by atoms with Gasteiger partial charge in [0, 0.05) is 19.7 Å². The van der Waals surface area contributed by atoms with E-state index in [2.05, 4.69) is 11.6 Å². The minimum absolute atomic E-state index is 0.0533. The summed E-state index contributed by atoms with van der Waals surface area (Å²) in [6.07, 6.45) is 1.88. The average molecular weight is 391 g/mol. The second-order valence-corrected chi connectivity index (χ2v) is 8.92. The molecule has 1 fully saturated rings. The van der Waals surface area contributed by atoms with Crippen molar-refractivity contribution in [2.24, 2.45) is 5.92 Å². The molecule has 0 spiro atoms. The molecule has 7 heteroatoms. The zero-order valence-electron chi connectivity index (χ0n) is 15.5. The zero-order chi connectivity index (χ0) is 19.4. The summed E-state index contributed by atoms with van der Waals surface area (Å²) in [4.78, 5) is 14.6. The van der Waals surface area contributed by atoms with Crippen molar-refractivity contribution in [3.63, 3.8) is 0 Å². The summed E-state index contributed by atoms with van der Waals surface area (Å²) in [5.74, 6) is 0.306. The molecule has 1 atom stereocenters. The fourth-order valence-electron chi connectivity index (χ4n) is 3.40. The minimum Gasteiger partial charge on any atom is -0.396 e. The van der Waals surface area contributed by atoms with Crippen LogP contribution in [0.4, 0.5) is 0 Å². The van der Waals surface area contributed by atoms with Gasteiger partial charge < -0.3 is 10.0 Å². The molecule has 2 aromatic rings. The van der Waals surface area contributed by atoms with Gasteiger partial charge in [0.15, 0.2) is 0 Å². The number of sulfonamides is 1. The molecule has 1 amide bonds. The number of nitrogens with zero attached hydrogens (tertiary/aromatic N) is 1. The molecule has 0 radical (unpaired) electrons. The van der Waals surface area contributed by atoms with Crippen molar-refractivity contribution in [2.75, 3.05) is 19.7 Å². The monoisotopic (exact) mass is 390 g/mol. The van der Waals surface area contributed by atoms with E-state index in [1.807, 2.05) is 24.3 Å². The molecule has 2 N–H and O–H groups in total. The first-order valence-electron chi connectivity index (χ1n) is 9.31. The highest BCUT2D eigenvalue weighted by Crippen LogP contribution is 2.21. The molecule has 1 heterocycles. The lowest BCUT2D eigenvalue weighted by atomic mass is 9.98. The summed E-state index contributed by atoms with van der Waals surface area (Å²) in [6.45, 7) is 3.13. The highest BCUT2D eigenvalue weighted by atomic mass is 32.2. The number of amides is 1. The van der Waals surface area contributed by atoms with Gasteiger partial charge in [0.2, 0.25) is 15.9 Å². The maximum atomic E-state index is 12.8. The minimum atomic E-state index is -3.88. The van der Waals surface area contributed by atoms with Gasteiger partial charge >= 0.3 is 0 Å². The Bertz CT molecular complexity index is 905. The van der Waals surface area contributed by atoms with Crippen molar-refractivity contribution in [3.8, 4) is 0 Å². The molecule has 146 valence electrons. The number of hydrogen-bond acceptors (Lipinski definition) is 4. The Hall–Kier alpha value is -1.96. The SMILES string of the molecule is CC1CCN(C(=O)C(CCO)NS(=O)(=O)c2ccc3ccccc3c2)CC1. The summed E-state index contributed by atoms with van der Waals surface area (Å²) >= 11 is 0. The van der Waals surface area contributed by atoms with Gasteiger partial charge in [-0.3, -0.25) is 4.79 Å². The Labute approximate surface area is 160 Å². The maximum Gasteiger partial charge on any atom is 0.241 e. The molecule has 2 aromatic carbocycles. The van der Waals surface area contributed by atoms with Gasteiger partial charge in [-0.15, -0.1) is 0 Å². The fourth-order valence-corrected chi connectivity index (χ4v) is 4.66. The van der Waals surface area contributed by atoms with Gasteiger partial charge in [0.1, 0.15) is 6.04 Å². The number of fused-ring (bicyclic) bond motifs is 1. The molecular weight excluding hydrogens is 364 g/mol. The van der Waals surface area contributed by atoms with E-state index in [0.29, 0.717) is 19.0 Å². The molecule has 0 aliphatic carbocycles. The van der Waals surface area contributed by atoms with E-state index < -0.39 is 16.1 Å². The molecule has 1 aliphatic heterocycles. The smallest absolute Gasteiger partial charge is 0.241 e. The lowest BCUT2D eigenvalue weighted by Crippen LogP contribution is -2.50. The average Bonchev–Trinajstić information content (AvgIpc) is 2.67. The summed E-state index contributed by atoms with van der Waals surface area (Å²) in [5, 5.41) is 11.1. The third-order valence-corrected chi connectivity index (χ3v) is 6.61. The third kappa shape index (κ3) is 4.66. The normalized spacial score (nSPS) is 17.2. The number of likely N-dealkylation sites (tertiary alicyclic amines) is 1. The molecule has 0 saturated carbocycles. The number of carbonyl (C=O) groups excluding carboxylic acids is 1. The number of rotatable bonds is 6. The maximum absolute atomic E-state index is 12.8. The lowest BCUT2D eigenvalue weighted by Gasteiger charge is -2.33. The molecule has 0 bridgehead atoms. The van der Waals surface area contributed by atoms with E-state index in [9.17, 15) is 18.3 Å². The number of nitrogens with one attached hydrogen (secondary N) is 1. The van der Waals surface area contributed by atoms with E-state index in [1.54, 1.807) is 17.0 Å². The van der Waals surface area contributed by atoms with Gasteiger partial charge in [0.25, 0.3) is 0 Å². The molecular formula is C20H26N2O4S. The number of benzene rings is 2. The van der Waals surface area contributed by atoms with Crippen LogP contribution >= 0.6 is 0 Å². The second-order valence-electron chi connectivity index (χ2n) is 7.20. The standard InChI is InChI=1S/C20H26N2O4S/c1-15-8-11-22(12-9-15)20(24)19(10-13-23)21-27(25,26)18-7-6-16-4-2-3-5-17(16)14-18/h2-7,14-15,19,21,23H,8-13H2,1H3. The first kappa shape index (κ1) is 19.8. The molecule has 3 rings (SSSR count). The summed E-state index contributed by atoms with van der Waals surface area (Å²) in [7, 11) is -3.88. The van der Waals surface area contributed by atoms with E-state index in [0.717, 1.165) is 23.6 Å². The highest BCUT2D eigenvalue weighted by Gasteiger charge is 2.30. The molecule has 27 heavy (non-hydrogen) atoms. The summed E-state index contributed by atoms with van der Waals surface area (Å²) in [6, 6.07) is 11.4. The van der Waals surface area contributed by atoms with Crippen LogP contribution in [0.3, 0.4) is 0 Å². The number of piperidine rings is 1. The molecule has 1 aliphatic rings. The lowest BCUT2D eigenvalue weighted by molar-refractivity contribution is -0.134.